The van der Waals surface area contributed by atoms with Crippen LogP contribution in [-0.2, 0) is 14.3 Å². The first-order valence-electron chi connectivity index (χ1n) is 8.04. The van der Waals surface area contributed by atoms with Crippen LogP contribution in [0.2, 0.25) is 5.02 Å². The Bertz CT molecular complexity index is 814. The largest absolute Gasteiger partial charge is 0.497 e. The van der Waals surface area contributed by atoms with E-state index in [9.17, 15) is 9.59 Å². The summed E-state index contributed by atoms with van der Waals surface area (Å²) >= 11 is 7.30. The number of hydrogen-bond donors (Lipinski definition) is 1. The number of nitrogens with one attached hydrogen (secondary N) is 1. The van der Waals surface area contributed by atoms with Gasteiger partial charge in [-0.1, -0.05) is 23.7 Å². The summed E-state index contributed by atoms with van der Waals surface area (Å²) in [6.45, 7) is 1.50. The third kappa shape index (κ3) is 6.08. The SMILES string of the molecule is COc1ccc(OC)c(NC(=O)C(C)OC(=O)CSc2ccccc2Cl)c1. The molecule has 0 saturated heterocycles. The highest BCUT2D eigenvalue weighted by Gasteiger charge is 2.20. The minimum Gasteiger partial charge on any atom is -0.497 e. The van der Waals surface area contributed by atoms with Gasteiger partial charge in [-0.25, -0.2) is 0 Å². The predicted octanol–water partition coefficient (Wildman–Crippen LogP) is 4.02. The number of thioether (sulfide) groups is 1. The zero-order valence-electron chi connectivity index (χ0n) is 15.2. The van der Waals surface area contributed by atoms with Gasteiger partial charge in [0.2, 0.25) is 0 Å². The van der Waals surface area contributed by atoms with Crippen molar-refractivity contribution in [3.05, 3.63) is 47.5 Å². The molecule has 27 heavy (non-hydrogen) atoms. The van der Waals surface area contributed by atoms with Crippen LogP contribution < -0.4 is 14.8 Å². The van der Waals surface area contributed by atoms with Crippen LogP contribution in [0, 0.1) is 0 Å². The van der Waals surface area contributed by atoms with E-state index in [0.29, 0.717) is 22.2 Å². The molecule has 1 unspecified atom stereocenters. The van der Waals surface area contributed by atoms with Gasteiger partial charge in [0.1, 0.15) is 11.5 Å². The van der Waals surface area contributed by atoms with Crippen LogP contribution in [-0.4, -0.2) is 38.0 Å². The summed E-state index contributed by atoms with van der Waals surface area (Å²) < 4.78 is 15.5. The van der Waals surface area contributed by atoms with Gasteiger partial charge >= 0.3 is 5.97 Å². The monoisotopic (exact) mass is 409 g/mol. The normalized spacial score (nSPS) is 11.4. The molecule has 0 fully saturated rings. The van der Waals surface area contributed by atoms with Crippen molar-refractivity contribution in [1.29, 1.82) is 0 Å². The van der Waals surface area contributed by atoms with E-state index in [0.717, 1.165) is 4.90 Å². The van der Waals surface area contributed by atoms with Gasteiger partial charge in [0.05, 0.1) is 30.7 Å². The highest BCUT2D eigenvalue weighted by Crippen LogP contribution is 2.29. The lowest BCUT2D eigenvalue weighted by Crippen LogP contribution is -2.30. The van der Waals surface area contributed by atoms with Gasteiger partial charge in [-0.05, 0) is 31.2 Å². The molecular weight excluding hydrogens is 390 g/mol. The van der Waals surface area contributed by atoms with Gasteiger partial charge in [0.25, 0.3) is 5.91 Å². The minimum atomic E-state index is -0.972. The van der Waals surface area contributed by atoms with E-state index in [1.165, 1.54) is 32.9 Å². The average molecular weight is 410 g/mol. The molecule has 1 N–H and O–H groups in total. The minimum absolute atomic E-state index is 0.0455. The van der Waals surface area contributed by atoms with E-state index >= 15 is 0 Å². The summed E-state index contributed by atoms with van der Waals surface area (Å²) in [5.74, 6) is 0.0887. The molecule has 2 aromatic rings. The quantitative estimate of drug-likeness (QED) is 0.524. The number of hydrogen-bond acceptors (Lipinski definition) is 6. The Morgan fingerprint density at radius 3 is 2.56 bits per heavy atom. The second-order valence-electron chi connectivity index (χ2n) is 5.41. The number of benzene rings is 2. The van der Waals surface area contributed by atoms with E-state index in [2.05, 4.69) is 5.32 Å². The summed E-state index contributed by atoms with van der Waals surface area (Å²) in [4.78, 5) is 25.1. The van der Waals surface area contributed by atoms with E-state index in [-0.39, 0.29) is 5.75 Å². The number of esters is 1. The predicted molar refractivity (Wildman–Crippen MR) is 106 cm³/mol. The third-order valence-corrected chi connectivity index (χ3v) is 5.01. The fraction of sp³-hybridized carbons (Fsp3) is 0.263. The number of rotatable bonds is 8. The number of methoxy groups -OCH3 is 2. The molecule has 144 valence electrons. The van der Waals surface area contributed by atoms with Crippen molar-refractivity contribution in [2.75, 3.05) is 25.3 Å². The Labute approximate surface area is 167 Å². The van der Waals surface area contributed by atoms with Crippen molar-refractivity contribution in [1.82, 2.24) is 0 Å². The summed E-state index contributed by atoms with van der Waals surface area (Å²) in [6.07, 6.45) is -0.972. The molecule has 0 aliphatic heterocycles. The van der Waals surface area contributed by atoms with E-state index < -0.39 is 18.0 Å². The number of carbonyl (C=O) groups excluding carboxylic acids is 2. The number of amides is 1. The smallest absolute Gasteiger partial charge is 0.317 e. The molecule has 2 rings (SSSR count). The van der Waals surface area contributed by atoms with Crippen molar-refractivity contribution >= 4 is 40.9 Å². The first kappa shape index (κ1) is 20.9. The van der Waals surface area contributed by atoms with Gasteiger partial charge in [-0.2, -0.15) is 0 Å². The van der Waals surface area contributed by atoms with Gasteiger partial charge in [0, 0.05) is 11.0 Å². The van der Waals surface area contributed by atoms with Crippen LogP contribution in [0.25, 0.3) is 0 Å². The second-order valence-corrected chi connectivity index (χ2v) is 6.83. The average Bonchev–Trinajstić information content (AvgIpc) is 2.67. The van der Waals surface area contributed by atoms with Gasteiger partial charge in [-0.15, -0.1) is 11.8 Å². The highest BCUT2D eigenvalue weighted by atomic mass is 35.5. The Morgan fingerprint density at radius 1 is 1.15 bits per heavy atom. The lowest BCUT2D eigenvalue weighted by Gasteiger charge is -2.16. The topological polar surface area (TPSA) is 73.9 Å². The number of carbonyl (C=O) groups is 2. The van der Waals surface area contributed by atoms with Crippen LogP contribution in [0.4, 0.5) is 5.69 Å². The molecule has 0 spiro atoms. The molecule has 0 radical (unpaired) electrons. The fourth-order valence-corrected chi connectivity index (χ4v) is 3.15. The molecule has 2 aromatic carbocycles. The second kappa shape index (κ2) is 10.1. The molecule has 0 aliphatic carbocycles. The van der Waals surface area contributed by atoms with Crippen LogP contribution in [0.5, 0.6) is 11.5 Å². The van der Waals surface area contributed by atoms with Crippen molar-refractivity contribution in [2.24, 2.45) is 0 Å². The standard InChI is InChI=1S/C19H20ClNO5S/c1-12(26-18(22)11-27-17-7-5-4-6-14(17)20)19(23)21-15-10-13(24-2)8-9-16(15)25-3/h4-10,12H,11H2,1-3H3,(H,21,23). The van der Waals surface area contributed by atoms with Gasteiger partial charge in [0.15, 0.2) is 6.10 Å². The molecule has 0 bridgehead atoms. The van der Waals surface area contributed by atoms with Crippen LogP contribution in [0.3, 0.4) is 0 Å². The molecular formula is C19H20ClNO5S. The number of anilines is 1. The molecule has 1 atom stereocenters. The van der Waals surface area contributed by atoms with Gasteiger partial charge < -0.3 is 19.5 Å². The number of halogens is 1. The zero-order valence-corrected chi connectivity index (χ0v) is 16.7. The maximum Gasteiger partial charge on any atom is 0.317 e. The van der Waals surface area contributed by atoms with Crippen molar-refractivity contribution in [3.8, 4) is 11.5 Å². The van der Waals surface area contributed by atoms with E-state index in [4.69, 9.17) is 25.8 Å². The van der Waals surface area contributed by atoms with E-state index in [1.807, 2.05) is 18.2 Å². The summed E-state index contributed by atoms with van der Waals surface area (Å²) in [5.41, 5.74) is 0.426. The van der Waals surface area contributed by atoms with E-state index in [1.54, 1.807) is 24.3 Å². The number of ether oxygens (including phenoxy) is 3. The van der Waals surface area contributed by atoms with Crippen LogP contribution in [0.15, 0.2) is 47.4 Å². The van der Waals surface area contributed by atoms with Gasteiger partial charge in [-0.3, -0.25) is 9.59 Å². The Kier molecular flexibility index (Phi) is 7.82. The fourth-order valence-electron chi connectivity index (χ4n) is 2.13. The maximum atomic E-state index is 12.3. The Morgan fingerprint density at radius 2 is 1.89 bits per heavy atom. The first-order chi connectivity index (χ1) is 12.9. The third-order valence-electron chi connectivity index (χ3n) is 3.52. The molecule has 1 amide bonds. The molecule has 0 saturated carbocycles. The van der Waals surface area contributed by atoms with Crippen LogP contribution in [0.1, 0.15) is 6.92 Å². The summed E-state index contributed by atoms with van der Waals surface area (Å²) in [7, 11) is 3.02. The zero-order chi connectivity index (χ0) is 19.8. The van der Waals surface area contributed by atoms with Crippen molar-refractivity contribution < 1.29 is 23.8 Å². The molecule has 0 aliphatic rings. The van der Waals surface area contributed by atoms with Crippen LogP contribution >= 0.6 is 23.4 Å². The molecule has 6 nitrogen and oxygen atoms in total. The summed E-state index contributed by atoms with van der Waals surface area (Å²) in [6, 6.07) is 12.2. The molecule has 0 heterocycles. The van der Waals surface area contributed by atoms with Crippen molar-refractivity contribution in [3.63, 3.8) is 0 Å². The Hall–Kier alpha value is -2.38. The highest BCUT2D eigenvalue weighted by molar-refractivity contribution is 8.00. The van der Waals surface area contributed by atoms with Crippen molar-refractivity contribution in [2.45, 2.75) is 17.9 Å². The lowest BCUT2D eigenvalue weighted by atomic mass is 10.2. The maximum absolute atomic E-state index is 12.3. The lowest BCUT2D eigenvalue weighted by molar-refractivity contribution is -0.150. The molecule has 0 aromatic heterocycles. The molecule has 8 heteroatoms. The summed E-state index contributed by atoms with van der Waals surface area (Å²) in [5, 5.41) is 3.24. The Balaban J connectivity index is 1.91. The first-order valence-corrected chi connectivity index (χ1v) is 9.40.